The molecule has 1 fully saturated rings. The van der Waals surface area contributed by atoms with Crippen molar-refractivity contribution in [2.45, 2.75) is 0 Å². The van der Waals surface area contributed by atoms with E-state index in [1.54, 1.807) is 25.3 Å². The number of nitro groups is 1. The second-order valence-electron chi connectivity index (χ2n) is 6.80. The summed E-state index contributed by atoms with van der Waals surface area (Å²) in [5.41, 5.74) is 1.64. The van der Waals surface area contributed by atoms with Crippen LogP contribution in [0.4, 0.5) is 11.4 Å². The number of anilines is 1. The van der Waals surface area contributed by atoms with Crippen LogP contribution in [0.2, 0.25) is 0 Å². The number of aliphatic imine (C=N–C) groups is 1. The minimum absolute atomic E-state index is 0.110. The highest BCUT2D eigenvalue weighted by Gasteiger charge is 2.30. The summed E-state index contributed by atoms with van der Waals surface area (Å²) in [5.74, 6) is 0.517. The van der Waals surface area contributed by atoms with E-state index in [1.807, 2.05) is 35.2 Å². The normalized spacial score (nSPS) is 18.0. The second kappa shape index (κ2) is 8.58. The lowest BCUT2D eigenvalue weighted by Crippen LogP contribution is -2.48. The summed E-state index contributed by atoms with van der Waals surface area (Å²) in [6, 6.07) is 14.2. The lowest BCUT2D eigenvalue weighted by Gasteiger charge is -2.36. The maximum absolute atomic E-state index is 12.3. The predicted molar refractivity (Wildman–Crippen MR) is 118 cm³/mol. The zero-order valence-corrected chi connectivity index (χ0v) is 17.2. The van der Waals surface area contributed by atoms with Gasteiger partial charge in [0.05, 0.1) is 16.9 Å². The molecule has 4 rings (SSSR count). The summed E-state index contributed by atoms with van der Waals surface area (Å²) in [7, 11) is 1.61. The summed E-state index contributed by atoms with van der Waals surface area (Å²) >= 11 is 1.36. The van der Waals surface area contributed by atoms with Gasteiger partial charge in [-0.2, -0.15) is 4.99 Å². The third-order valence-corrected chi connectivity index (χ3v) is 6.04. The minimum atomic E-state index is -0.354. The largest absolute Gasteiger partial charge is 0.497 e. The van der Waals surface area contributed by atoms with Crippen LogP contribution in [0.3, 0.4) is 0 Å². The van der Waals surface area contributed by atoms with Crippen molar-refractivity contribution in [3.63, 3.8) is 0 Å². The number of para-hydroxylation sites is 2. The van der Waals surface area contributed by atoms with Crippen molar-refractivity contribution < 1.29 is 14.5 Å². The second-order valence-corrected chi connectivity index (χ2v) is 7.81. The number of amides is 1. The van der Waals surface area contributed by atoms with E-state index in [0.717, 1.165) is 11.3 Å². The molecule has 1 saturated heterocycles. The van der Waals surface area contributed by atoms with Gasteiger partial charge in [-0.15, -0.1) is 0 Å². The van der Waals surface area contributed by atoms with Gasteiger partial charge >= 0.3 is 0 Å². The number of rotatable bonds is 4. The predicted octanol–water partition coefficient (Wildman–Crippen LogP) is 3.40. The lowest BCUT2D eigenvalue weighted by molar-refractivity contribution is -0.384. The van der Waals surface area contributed by atoms with Gasteiger partial charge in [0.25, 0.3) is 11.6 Å². The van der Waals surface area contributed by atoms with Crippen molar-refractivity contribution in [1.29, 1.82) is 0 Å². The Morgan fingerprint density at radius 3 is 2.40 bits per heavy atom. The molecular weight excluding hydrogens is 404 g/mol. The quantitative estimate of drug-likeness (QED) is 0.422. The Morgan fingerprint density at radius 2 is 1.73 bits per heavy atom. The highest BCUT2D eigenvalue weighted by atomic mass is 32.2. The van der Waals surface area contributed by atoms with Crippen molar-refractivity contribution in [2.24, 2.45) is 4.99 Å². The fourth-order valence-corrected chi connectivity index (χ4v) is 4.37. The Morgan fingerprint density at radius 1 is 1.07 bits per heavy atom. The number of nitrogens with zero attached hydrogens (tertiary/aromatic N) is 4. The molecule has 154 valence electrons. The average molecular weight is 424 g/mol. The van der Waals surface area contributed by atoms with Crippen molar-refractivity contribution >= 4 is 40.3 Å². The number of carbonyl (C=O) groups is 1. The van der Waals surface area contributed by atoms with Crippen LogP contribution in [0.15, 0.2) is 58.4 Å². The number of amidine groups is 1. The topological polar surface area (TPSA) is 88.3 Å². The molecule has 0 aliphatic carbocycles. The van der Waals surface area contributed by atoms with Gasteiger partial charge in [-0.25, -0.2) is 0 Å². The van der Waals surface area contributed by atoms with E-state index in [-0.39, 0.29) is 16.5 Å². The Kier molecular flexibility index (Phi) is 5.71. The average Bonchev–Trinajstić information content (AvgIpc) is 3.14. The maximum Gasteiger partial charge on any atom is 0.292 e. The van der Waals surface area contributed by atoms with Crippen LogP contribution in [0.25, 0.3) is 6.08 Å². The number of piperazine rings is 1. The number of hydrogen-bond donors (Lipinski definition) is 0. The molecule has 0 spiro atoms. The first-order chi connectivity index (χ1) is 14.5. The van der Waals surface area contributed by atoms with Crippen molar-refractivity contribution in [3.05, 3.63) is 69.1 Å². The zero-order chi connectivity index (χ0) is 21.1. The molecule has 8 nitrogen and oxygen atoms in total. The van der Waals surface area contributed by atoms with Crippen LogP contribution >= 0.6 is 11.8 Å². The smallest absolute Gasteiger partial charge is 0.292 e. The number of thioether (sulfide) groups is 1. The Labute approximate surface area is 178 Å². The van der Waals surface area contributed by atoms with E-state index in [9.17, 15) is 14.9 Å². The van der Waals surface area contributed by atoms with Gasteiger partial charge in [-0.05, 0) is 41.6 Å². The van der Waals surface area contributed by atoms with E-state index >= 15 is 0 Å². The van der Waals surface area contributed by atoms with Gasteiger partial charge < -0.3 is 14.5 Å². The van der Waals surface area contributed by atoms with E-state index in [4.69, 9.17) is 4.74 Å². The van der Waals surface area contributed by atoms with Crippen LogP contribution in [0.1, 0.15) is 5.56 Å². The molecule has 2 aromatic carbocycles. The molecule has 0 radical (unpaired) electrons. The standard InChI is InChI=1S/C21H20N4O4S/c1-29-16-8-6-15(7-9-16)14-19-20(26)22-21(30-19)24-12-10-23(11-13-24)17-4-2-3-5-18(17)25(27)28/h2-9,14H,10-13H2,1H3. The van der Waals surface area contributed by atoms with Crippen molar-refractivity contribution in [1.82, 2.24) is 4.90 Å². The molecule has 2 heterocycles. The summed E-state index contributed by atoms with van der Waals surface area (Å²) in [6.45, 7) is 2.52. The number of ether oxygens (including phenoxy) is 1. The van der Waals surface area contributed by atoms with Crippen LogP contribution in [-0.2, 0) is 4.79 Å². The van der Waals surface area contributed by atoms with E-state index in [0.29, 0.717) is 41.9 Å². The molecule has 0 aromatic heterocycles. The summed E-state index contributed by atoms with van der Waals surface area (Å²) in [6.07, 6.45) is 1.83. The molecule has 2 aliphatic rings. The van der Waals surface area contributed by atoms with Gasteiger partial charge in [-0.3, -0.25) is 14.9 Å². The van der Waals surface area contributed by atoms with Crippen LogP contribution in [-0.4, -0.2) is 54.2 Å². The molecule has 2 aliphatic heterocycles. The van der Waals surface area contributed by atoms with Gasteiger partial charge in [0.1, 0.15) is 11.4 Å². The van der Waals surface area contributed by atoms with Crippen molar-refractivity contribution in [2.75, 3.05) is 38.2 Å². The zero-order valence-electron chi connectivity index (χ0n) is 16.4. The number of carbonyl (C=O) groups excluding carboxylic acids is 1. The minimum Gasteiger partial charge on any atom is -0.497 e. The van der Waals surface area contributed by atoms with E-state index < -0.39 is 0 Å². The monoisotopic (exact) mass is 424 g/mol. The first kappa shape index (κ1) is 20.0. The summed E-state index contributed by atoms with van der Waals surface area (Å²) in [5, 5.41) is 12.0. The third kappa shape index (κ3) is 4.16. The van der Waals surface area contributed by atoms with Gasteiger partial charge in [0.2, 0.25) is 0 Å². The highest BCUT2D eigenvalue weighted by molar-refractivity contribution is 8.18. The van der Waals surface area contributed by atoms with Crippen molar-refractivity contribution in [3.8, 4) is 5.75 Å². The van der Waals surface area contributed by atoms with E-state index in [2.05, 4.69) is 9.89 Å². The Hall–Kier alpha value is -3.33. The maximum atomic E-state index is 12.3. The Bertz CT molecular complexity index is 1030. The fourth-order valence-electron chi connectivity index (χ4n) is 3.41. The first-order valence-electron chi connectivity index (χ1n) is 9.45. The Balaban J connectivity index is 1.41. The molecule has 1 amide bonds. The number of hydrogen-bond acceptors (Lipinski definition) is 7. The summed E-state index contributed by atoms with van der Waals surface area (Å²) in [4.78, 5) is 32.1. The van der Waals surface area contributed by atoms with Gasteiger partial charge in [0, 0.05) is 32.2 Å². The van der Waals surface area contributed by atoms with Crippen LogP contribution in [0.5, 0.6) is 5.75 Å². The number of benzene rings is 2. The van der Waals surface area contributed by atoms with Gasteiger partial charge in [-0.1, -0.05) is 24.3 Å². The molecule has 9 heteroatoms. The molecule has 2 aromatic rings. The molecule has 0 atom stereocenters. The SMILES string of the molecule is COc1ccc(C=C2SC(N3CCN(c4ccccc4[N+](=O)[O-])CC3)=NC2=O)cc1. The third-order valence-electron chi connectivity index (χ3n) is 4.99. The first-order valence-corrected chi connectivity index (χ1v) is 10.3. The summed E-state index contributed by atoms with van der Waals surface area (Å²) < 4.78 is 5.15. The fraction of sp³-hybridized carbons (Fsp3) is 0.238. The van der Waals surface area contributed by atoms with Crippen LogP contribution in [0, 0.1) is 10.1 Å². The van der Waals surface area contributed by atoms with Crippen LogP contribution < -0.4 is 9.64 Å². The van der Waals surface area contributed by atoms with Gasteiger partial charge in [0.15, 0.2) is 5.17 Å². The number of methoxy groups -OCH3 is 1. The molecule has 0 unspecified atom stereocenters. The molecule has 0 bridgehead atoms. The molecule has 0 saturated carbocycles. The highest BCUT2D eigenvalue weighted by Crippen LogP contribution is 2.32. The molecule has 30 heavy (non-hydrogen) atoms. The molecule has 0 N–H and O–H groups in total. The lowest BCUT2D eigenvalue weighted by atomic mass is 10.2. The molecular formula is C21H20N4O4S. The van der Waals surface area contributed by atoms with E-state index in [1.165, 1.54) is 17.8 Å². The number of nitro benzene ring substituents is 1.